The van der Waals surface area contributed by atoms with Gasteiger partial charge in [0.05, 0.1) is 5.69 Å². The molecule has 0 radical (unpaired) electrons. The molecule has 2 rings (SSSR count). The van der Waals surface area contributed by atoms with Crippen molar-refractivity contribution < 1.29 is 4.74 Å². The van der Waals surface area contributed by atoms with Gasteiger partial charge in [0.1, 0.15) is 5.15 Å². The van der Waals surface area contributed by atoms with E-state index >= 15 is 0 Å². The van der Waals surface area contributed by atoms with Crippen molar-refractivity contribution in [3.63, 3.8) is 0 Å². The van der Waals surface area contributed by atoms with Gasteiger partial charge in [-0.15, -0.1) is 0 Å². The zero-order valence-corrected chi connectivity index (χ0v) is 11.2. The summed E-state index contributed by atoms with van der Waals surface area (Å²) in [6.07, 6.45) is 1.88. The normalized spacial score (nSPS) is 10.6. The average Bonchev–Trinajstić information content (AvgIpc) is 2.56. The van der Waals surface area contributed by atoms with E-state index in [1.165, 1.54) is 11.8 Å². The van der Waals surface area contributed by atoms with Crippen LogP contribution < -0.4 is 4.74 Å². The van der Waals surface area contributed by atoms with E-state index < -0.39 is 0 Å². The predicted molar refractivity (Wildman–Crippen MR) is 66.8 cm³/mol. The van der Waals surface area contributed by atoms with Gasteiger partial charge in [-0.05, 0) is 13.2 Å². The maximum atomic E-state index is 5.87. The van der Waals surface area contributed by atoms with Gasteiger partial charge in [-0.3, -0.25) is 0 Å². The molecule has 2 aromatic rings. The summed E-state index contributed by atoms with van der Waals surface area (Å²) in [4.78, 5) is 8.24. The lowest BCUT2D eigenvalue weighted by Gasteiger charge is -2.05. The largest absolute Gasteiger partial charge is 0.421 e. The van der Waals surface area contributed by atoms with Crippen molar-refractivity contribution in [2.45, 2.75) is 12.1 Å². The van der Waals surface area contributed by atoms with Crippen molar-refractivity contribution in [2.24, 2.45) is 7.05 Å². The molecule has 2 aromatic heterocycles. The first-order valence-electron chi connectivity index (χ1n) is 4.85. The van der Waals surface area contributed by atoms with Crippen LogP contribution in [0.3, 0.4) is 0 Å². The molecule has 7 heteroatoms. The second-order valence-electron chi connectivity index (χ2n) is 3.37. The summed E-state index contributed by atoms with van der Waals surface area (Å²) < 4.78 is 7.25. The van der Waals surface area contributed by atoms with Crippen LogP contribution in [0.5, 0.6) is 11.8 Å². The molecule has 0 aliphatic rings. The topological polar surface area (TPSA) is 52.8 Å². The van der Waals surface area contributed by atoms with Gasteiger partial charge in [-0.25, -0.2) is 9.67 Å². The van der Waals surface area contributed by atoms with Crippen molar-refractivity contribution in [1.82, 2.24) is 19.7 Å². The van der Waals surface area contributed by atoms with Gasteiger partial charge in [-0.1, -0.05) is 23.4 Å². The van der Waals surface area contributed by atoms with Gasteiger partial charge < -0.3 is 4.74 Å². The van der Waals surface area contributed by atoms with Gasteiger partial charge in [0.15, 0.2) is 5.16 Å². The van der Waals surface area contributed by atoms with Crippen LogP contribution in [-0.4, -0.2) is 26.0 Å². The molecule has 0 spiro atoms. The fraction of sp³-hybridized carbons (Fsp3) is 0.300. The number of aromatic nitrogens is 4. The minimum absolute atomic E-state index is 0.359. The van der Waals surface area contributed by atoms with E-state index in [1.807, 2.05) is 19.2 Å². The highest BCUT2D eigenvalue weighted by atomic mass is 35.5. The van der Waals surface area contributed by atoms with Crippen molar-refractivity contribution >= 4 is 23.4 Å². The monoisotopic (exact) mass is 270 g/mol. The van der Waals surface area contributed by atoms with Crippen molar-refractivity contribution in [3.05, 3.63) is 23.0 Å². The first-order chi connectivity index (χ1) is 8.08. The molecule has 0 aliphatic heterocycles. The lowest BCUT2D eigenvalue weighted by Crippen LogP contribution is -1.97. The summed E-state index contributed by atoms with van der Waals surface area (Å²) in [5.74, 6) is 1.03. The van der Waals surface area contributed by atoms with Gasteiger partial charge in [0.2, 0.25) is 11.8 Å². The van der Waals surface area contributed by atoms with Gasteiger partial charge >= 0.3 is 0 Å². The lowest BCUT2D eigenvalue weighted by atomic mass is 10.5. The standard InChI is InChI=1S/C10H11ClN4OS/c1-6-4-9(15(2)14-6)16-8-5-7(11)12-10(13-8)17-3/h4-5H,1-3H3. The quantitative estimate of drug-likeness (QED) is 0.488. The molecule has 90 valence electrons. The summed E-state index contributed by atoms with van der Waals surface area (Å²) in [5.41, 5.74) is 0.882. The molecule has 5 nitrogen and oxygen atoms in total. The Morgan fingerprint density at radius 3 is 2.71 bits per heavy atom. The van der Waals surface area contributed by atoms with Crippen LogP contribution in [0, 0.1) is 6.92 Å². The first-order valence-corrected chi connectivity index (χ1v) is 6.46. The van der Waals surface area contributed by atoms with Crippen molar-refractivity contribution in [3.8, 4) is 11.8 Å². The molecule has 0 unspecified atom stereocenters. The Bertz CT molecular complexity index is 543. The van der Waals surface area contributed by atoms with Crippen LogP contribution in [-0.2, 0) is 7.05 Å². The Hall–Kier alpha value is -1.27. The van der Waals surface area contributed by atoms with Crippen LogP contribution in [0.2, 0.25) is 5.15 Å². The fourth-order valence-electron chi connectivity index (χ4n) is 1.31. The average molecular weight is 271 g/mol. The number of thioether (sulfide) groups is 1. The molecule has 0 saturated carbocycles. The second-order valence-corrected chi connectivity index (χ2v) is 4.53. The van der Waals surface area contributed by atoms with Crippen LogP contribution in [0.1, 0.15) is 5.69 Å². The summed E-state index contributed by atoms with van der Waals surface area (Å²) in [7, 11) is 1.81. The fourth-order valence-corrected chi connectivity index (χ4v) is 1.90. The van der Waals surface area contributed by atoms with Crippen molar-refractivity contribution in [1.29, 1.82) is 0 Å². The smallest absolute Gasteiger partial charge is 0.226 e. The first kappa shape index (κ1) is 12.2. The van der Waals surface area contributed by atoms with E-state index in [0.29, 0.717) is 22.1 Å². The predicted octanol–water partition coefficient (Wildman–Crippen LogP) is 2.69. The van der Waals surface area contributed by atoms with Gasteiger partial charge in [-0.2, -0.15) is 10.1 Å². The van der Waals surface area contributed by atoms with E-state index in [1.54, 1.807) is 17.8 Å². The number of aryl methyl sites for hydroxylation is 2. The summed E-state index contributed by atoms with van der Waals surface area (Å²) in [5, 5.41) is 5.12. The zero-order valence-electron chi connectivity index (χ0n) is 9.64. The Balaban J connectivity index is 2.29. The molecule has 0 aromatic carbocycles. The van der Waals surface area contributed by atoms with E-state index in [-0.39, 0.29) is 0 Å². The number of ether oxygens (including phenoxy) is 1. The molecule has 0 aliphatic carbocycles. The molecule has 0 amide bonds. The minimum Gasteiger partial charge on any atom is -0.421 e. The minimum atomic E-state index is 0.359. The second kappa shape index (κ2) is 4.93. The Morgan fingerprint density at radius 2 is 2.12 bits per heavy atom. The molecular formula is C10H11ClN4OS. The van der Waals surface area contributed by atoms with E-state index in [9.17, 15) is 0 Å². The molecule has 0 bridgehead atoms. The highest BCUT2D eigenvalue weighted by molar-refractivity contribution is 7.98. The number of hydrogen-bond acceptors (Lipinski definition) is 5. The number of halogens is 1. The Labute approximate surface area is 108 Å². The van der Waals surface area contributed by atoms with Gasteiger partial charge in [0, 0.05) is 19.2 Å². The van der Waals surface area contributed by atoms with E-state index in [2.05, 4.69) is 15.1 Å². The molecular weight excluding hydrogens is 260 g/mol. The number of hydrogen-bond donors (Lipinski definition) is 0. The molecule has 2 heterocycles. The third-order valence-electron chi connectivity index (χ3n) is 2.00. The molecule has 0 fully saturated rings. The molecule has 0 N–H and O–H groups in total. The highest BCUT2D eigenvalue weighted by Gasteiger charge is 2.08. The summed E-state index contributed by atoms with van der Waals surface area (Å²) in [6, 6.07) is 3.40. The molecule has 17 heavy (non-hydrogen) atoms. The summed E-state index contributed by atoms with van der Waals surface area (Å²) in [6.45, 7) is 1.90. The van der Waals surface area contributed by atoms with E-state index in [0.717, 1.165) is 5.69 Å². The number of rotatable bonds is 3. The van der Waals surface area contributed by atoms with E-state index in [4.69, 9.17) is 16.3 Å². The van der Waals surface area contributed by atoms with Crippen LogP contribution in [0.15, 0.2) is 17.3 Å². The summed E-state index contributed by atoms with van der Waals surface area (Å²) >= 11 is 7.28. The highest BCUT2D eigenvalue weighted by Crippen LogP contribution is 2.24. The lowest BCUT2D eigenvalue weighted by molar-refractivity contribution is 0.410. The van der Waals surface area contributed by atoms with Crippen LogP contribution >= 0.6 is 23.4 Å². The third-order valence-corrected chi connectivity index (χ3v) is 2.74. The Morgan fingerprint density at radius 1 is 1.35 bits per heavy atom. The SMILES string of the molecule is CSc1nc(Cl)cc(Oc2cc(C)nn2C)n1. The molecule has 0 atom stereocenters. The van der Waals surface area contributed by atoms with Crippen molar-refractivity contribution in [2.75, 3.05) is 6.26 Å². The van der Waals surface area contributed by atoms with Crippen LogP contribution in [0.4, 0.5) is 0 Å². The van der Waals surface area contributed by atoms with Gasteiger partial charge in [0.25, 0.3) is 0 Å². The molecule has 0 saturated heterocycles. The zero-order chi connectivity index (χ0) is 12.4. The number of nitrogens with zero attached hydrogens (tertiary/aromatic N) is 4. The maximum Gasteiger partial charge on any atom is 0.226 e. The Kier molecular flexibility index (Phi) is 3.54. The van der Waals surface area contributed by atoms with Crippen LogP contribution in [0.25, 0.3) is 0 Å². The maximum absolute atomic E-state index is 5.87. The third kappa shape index (κ3) is 2.89.